The van der Waals surface area contributed by atoms with Gasteiger partial charge in [-0.2, -0.15) is 0 Å². The van der Waals surface area contributed by atoms with Gasteiger partial charge in [0.25, 0.3) is 0 Å². The molecule has 0 fully saturated rings. The Bertz CT molecular complexity index is 873. The van der Waals surface area contributed by atoms with Crippen LogP contribution in [0.3, 0.4) is 0 Å². The molecule has 0 atom stereocenters. The summed E-state index contributed by atoms with van der Waals surface area (Å²) in [5.74, 6) is 1.96. The molecule has 0 saturated carbocycles. The van der Waals surface area contributed by atoms with Crippen molar-refractivity contribution in [3.05, 3.63) is 53.5 Å². The maximum Gasteiger partial charge on any atom is 0.233 e. The highest BCUT2D eigenvalue weighted by Gasteiger charge is 2.13. The van der Waals surface area contributed by atoms with Crippen LogP contribution in [-0.2, 0) is 11.3 Å². The first-order chi connectivity index (χ1) is 12.5. The lowest BCUT2D eigenvalue weighted by atomic mass is 10.2. The van der Waals surface area contributed by atoms with Crippen LogP contribution in [0.25, 0.3) is 0 Å². The van der Waals surface area contributed by atoms with Gasteiger partial charge in [0, 0.05) is 12.7 Å². The van der Waals surface area contributed by atoms with Gasteiger partial charge >= 0.3 is 0 Å². The lowest BCUT2D eigenvalue weighted by Gasteiger charge is -2.14. The van der Waals surface area contributed by atoms with E-state index in [0.29, 0.717) is 17.4 Å². The van der Waals surface area contributed by atoms with Gasteiger partial charge in [0.2, 0.25) is 11.0 Å². The zero-order chi connectivity index (χ0) is 18.5. The highest BCUT2D eigenvalue weighted by molar-refractivity contribution is 8.01. The minimum Gasteiger partial charge on any atom is -0.464 e. The number of hydrogen-bond donors (Lipinski definition) is 1. The Balaban J connectivity index is 1.49. The third-order valence-electron chi connectivity index (χ3n) is 3.64. The quantitative estimate of drug-likeness (QED) is 0.610. The van der Waals surface area contributed by atoms with E-state index >= 15 is 0 Å². The lowest BCUT2D eigenvalue weighted by Crippen LogP contribution is -2.27. The number of benzene rings is 1. The Labute approximate surface area is 160 Å². The molecule has 1 N–H and O–H groups in total. The Morgan fingerprint density at radius 2 is 1.96 bits per heavy atom. The Morgan fingerprint density at radius 3 is 2.65 bits per heavy atom. The summed E-state index contributed by atoms with van der Waals surface area (Å²) in [7, 11) is 1.77. The van der Waals surface area contributed by atoms with Crippen LogP contribution in [0.4, 0.5) is 10.8 Å². The molecule has 0 aliphatic carbocycles. The molecule has 0 saturated heterocycles. The van der Waals surface area contributed by atoms with Gasteiger partial charge in [-0.3, -0.25) is 4.79 Å². The Hall–Kier alpha value is -2.32. The fourth-order valence-electron chi connectivity index (χ4n) is 2.20. The molecule has 26 heavy (non-hydrogen) atoms. The highest BCUT2D eigenvalue weighted by Crippen LogP contribution is 2.28. The summed E-state index contributed by atoms with van der Waals surface area (Å²) in [6.07, 6.45) is 0. The summed E-state index contributed by atoms with van der Waals surface area (Å²) < 4.78 is 6.26. The predicted octanol–water partition coefficient (Wildman–Crippen LogP) is 4.24. The maximum atomic E-state index is 12.3. The third kappa shape index (κ3) is 5.09. The van der Waals surface area contributed by atoms with E-state index in [2.05, 4.69) is 15.5 Å². The molecule has 0 aliphatic heterocycles. The number of aryl methyl sites for hydroxylation is 2. The molecule has 0 bridgehead atoms. The first-order valence-corrected chi connectivity index (χ1v) is 9.89. The van der Waals surface area contributed by atoms with Gasteiger partial charge in [-0.25, -0.2) is 0 Å². The van der Waals surface area contributed by atoms with Crippen molar-refractivity contribution in [2.45, 2.75) is 24.7 Å². The van der Waals surface area contributed by atoms with Crippen LogP contribution >= 0.6 is 23.1 Å². The molecule has 0 unspecified atom stereocenters. The van der Waals surface area contributed by atoms with E-state index in [-0.39, 0.29) is 5.91 Å². The largest absolute Gasteiger partial charge is 0.464 e. The standard InChI is InChI=1S/C18H20N4O2S2/c1-12-4-7-14(8-5-12)19-17-20-21-18(26-17)25-11-16(23)22(3)10-15-9-6-13(2)24-15/h4-9H,10-11H2,1-3H3,(H,19,20). The molecule has 0 aliphatic rings. The molecule has 0 radical (unpaired) electrons. The number of amides is 1. The number of anilines is 2. The van der Waals surface area contributed by atoms with E-state index < -0.39 is 0 Å². The van der Waals surface area contributed by atoms with Crippen molar-refractivity contribution in [2.24, 2.45) is 0 Å². The number of nitrogens with one attached hydrogen (secondary N) is 1. The fraction of sp³-hybridized carbons (Fsp3) is 0.278. The van der Waals surface area contributed by atoms with Crippen molar-refractivity contribution in [3.63, 3.8) is 0 Å². The number of nitrogens with zero attached hydrogens (tertiary/aromatic N) is 3. The van der Waals surface area contributed by atoms with Crippen LogP contribution < -0.4 is 5.32 Å². The predicted molar refractivity (Wildman–Crippen MR) is 105 cm³/mol. The van der Waals surface area contributed by atoms with Crippen LogP contribution in [-0.4, -0.2) is 33.8 Å². The van der Waals surface area contributed by atoms with Crippen molar-refractivity contribution in [1.82, 2.24) is 15.1 Å². The molecule has 1 aromatic carbocycles. The number of carbonyl (C=O) groups is 1. The summed E-state index contributed by atoms with van der Waals surface area (Å²) >= 11 is 2.82. The van der Waals surface area contributed by atoms with E-state index in [1.807, 2.05) is 50.2 Å². The summed E-state index contributed by atoms with van der Waals surface area (Å²) in [6.45, 7) is 4.40. The number of carbonyl (C=O) groups excluding carboxylic acids is 1. The fourth-order valence-corrected chi connectivity index (χ4v) is 3.92. The Morgan fingerprint density at radius 1 is 1.19 bits per heavy atom. The first kappa shape index (κ1) is 18.5. The second-order valence-corrected chi connectivity index (χ2v) is 8.11. The zero-order valence-corrected chi connectivity index (χ0v) is 16.5. The van der Waals surface area contributed by atoms with Crippen LogP contribution in [0.2, 0.25) is 0 Å². The number of aromatic nitrogens is 2. The topological polar surface area (TPSA) is 71.3 Å². The maximum absolute atomic E-state index is 12.3. The average Bonchev–Trinajstić information content (AvgIpc) is 3.23. The van der Waals surface area contributed by atoms with Gasteiger partial charge in [0.05, 0.1) is 12.3 Å². The van der Waals surface area contributed by atoms with E-state index in [0.717, 1.165) is 21.5 Å². The van der Waals surface area contributed by atoms with Gasteiger partial charge in [-0.1, -0.05) is 40.8 Å². The molecule has 8 heteroatoms. The van der Waals surface area contributed by atoms with Crippen molar-refractivity contribution in [2.75, 3.05) is 18.1 Å². The second kappa shape index (κ2) is 8.37. The first-order valence-electron chi connectivity index (χ1n) is 8.09. The molecule has 3 rings (SSSR count). The number of furan rings is 1. The van der Waals surface area contributed by atoms with Crippen LogP contribution in [0.15, 0.2) is 45.2 Å². The van der Waals surface area contributed by atoms with Crippen molar-refractivity contribution in [3.8, 4) is 0 Å². The molecule has 136 valence electrons. The number of hydrogen-bond acceptors (Lipinski definition) is 7. The van der Waals surface area contributed by atoms with Gasteiger partial charge in [0.15, 0.2) is 4.34 Å². The zero-order valence-electron chi connectivity index (χ0n) is 14.9. The van der Waals surface area contributed by atoms with E-state index in [9.17, 15) is 4.79 Å². The second-order valence-electron chi connectivity index (χ2n) is 5.91. The van der Waals surface area contributed by atoms with E-state index in [4.69, 9.17) is 4.42 Å². The van der Waals surface area contributed by atoms with Gasteiger partial charge < -0.3 is 14.6 Å². The monoisotopic (exact) mass is 388 g/mol. The number of thioether (sulfide) groups is 1. The summed E-state index contributed by atoms with van der Waals surface area (Å²) in [4.78, 5) is 13.9. The summed E-state index contributed by atoms with van der Waals surface area (Å²) in [6, 6.07) is 11.9. The SMILES string of the molecule is Cc1ccc(Nc2nnc(SCC(=O)N(C)Cc3ccc(C)o3)s2)cc1. The molecule has 1 amide bonds. The summed E-state index contributed by atoms with van der Waals surface area (Å²) in [5.41, 5.74) is 2.17. The van der Waals surface area contributed by atoms with Crippen molar-refractivity contribution in [1.29, 1.82) is 0 Å². The van der Waals surface area contributed by atoms with Gasteiger partial charge in [-0.15, -0.1) is 10.2 Å². The van der Waals surface area contributed by atoms with Crippen LogP contribution in [0.5, 0.6) is 0 Å². The molecular weight excluding hydrogens is 368 g/mol. The van der Waals surface area contributed by atoms with Gasteiger partial charge in [-0.05, 0) is 38.1 Å². The van der Waals surface area contributed by atoms with Crippen LogP contribution in [0.1, 0.15) is 17.1 Å². The average molecular weight is 389 g/mol. The minimum atomic E-state index is 0.0206. The van der Waals surface area contributed by atoms with Crippen molar-refractivity contribution < 1.29 is 9.21 Å². The van der Waals surface area contributed by atoms with Gasteiger partial charge in [0.1, 0.15) is 11.5 Å². The Kier molecular flexibility index (Phi) is 5.95. The highest BCUT2D eigenvalue weighted by atomic mass is 32.2. The van der Waals surface area contributed by atoms with E-state index in [1.54, 1.807) is 11.9 Å². The van der Waals surface area contributed by atoms with E-state index in [1.165, 1.54) is 28.7 Å². The molecule has 0 spiro atoms. The lowest BCUT2D eigenvalue weighted by molar-refractivity contribution is -0.127. The normalized spacial score (nSPS) is 10.7. The summed E-state index contributed by atoms with van der Waals surface area (Å²) in [5, 5.41) is 12.2. The molecule has 2 heterocycles. The van der Waals surface area contributed by atoms with Crippen LogP contribution in [0, 0.1) is 13.8 Å². The molecule has 2 aromatic heterocycles. The molecule has 6 nitrogen and oxygen atoms in total. The third-order valence-corrected chi connectivity index (χ3v) is 5.60. The molecular formula is C18H20N4O2S2. The minimum absolute atomic E-state index is 0.0206. The number of rotatable bonds is 7. The molecule has 3 aromatic rings. The smallest absolute Gasteiger partial charge is 0.233 e. The van der Waals surface area contributed by atoms with Crippen molar-refractivity contribution >= 4 is 39.8 Å².